The number of hydrogen-bond acceptors (Lipinski definition) is 7. The summed E-state index contributed by atoms with van der Waals surface area (Å²) in [4.78, 5) is 31.9. The van der Waals surface area contributed by atoms with Gasteiger partial charge in [0.15, 0.2) is 16.7 Å². The predicted octanol–water partition coefficient (Wildman–Crippen LogP) is 5.28. The number of amides is 1. The highest BCUT2D eigenvalue weighted by Crippen LogP contribution is 2.36. The van der Waals surface area contributed by atoms with Crippen molar-refractivity contribution >= 4 is 34.3 Å². The Morgan fingerprint density at radius 1 is 1.08 bits per heavy atom. The molecule has 1 N–H and O–H groups in total. The molecule has 8 nitrogen and oxygen atoms in total. The lowest BCUT2D eigenvalue weighted by Gasteiger charge is -2.19. The van der Waals surface area contributed by atoms with Gasteiger partial charge in [-0.05, 0) is 43.5 Å². The van der Waals surface area contributed by atoms with Crippen LogP contribution in [0.25, 0.3) is 10.9 Å². The van der Waals surface area contributed by atoms with Crippen LogP contribution in [0.4, 0.5) is 5.69 Å². The highest BCUT2D eigenvalue weighted by molar-refractivity contribution is 8.00. The lowest BCUT2D eigenvalue weighted by atomic mass is 10.1. The van der Waals surface area contributed by atoms with Crippen molar-refractivity contribution in [3.05, 3.63) is 82.6 Å². The highest BCUT2D eigenvalue weighted by atomic mass is 32.2. The second kappa shape index (κ2) is 11.6. The minimum Gasteiger partial charge on any atom is -0.492 e. The van der Waals surface area contributed by atoms with E-state index in [1.807, 2.05) is 68.4 Å². The average Bonchev–Trinajstić information content (AvgIpc) is 3.39. The van der Waals surface area contributed by atoms with E-state index in [2.05, 4.69) is 5.32 Å². The van der Waals surface area contributed by atoms with Crippen molar-refractivity contribution in [2.45, 2.75) is 43.6 Å². The van der Waals surface area contributed by atoms with Gasteiger partial charge < -0.3 is 19.5 Å². The van der Waals surface area contributed by atoms with E-state index in [0.717, 1.165) is 5.56 Å². The summed E-state index contributed by atoms with van der Waals surface area (Å²) in [6.07, 6.45) is 1.19. The van der Waals surface area contributed by atoms with Crippen LogP contribution in [-0.2, 0) is 17.8 Å². The first-order valence-corrected chi connectivity index (χ1v) is 13.5. The number of benzene rings is 3. The number of nitrogens with zero attached hydrogens (tertiary/aromatic N) is 2. The summed E-state index contributed by atoms with van der Waals surface area (Å²) < 4.78 is 18.3. The van der Waals surface area contributed by atoms with Crippen molar-refractivity contribution in [2.75, 3.05) is 18.7 Å². The molecule has 196 valence electrons. The van der Waals surface area contributed by atoms with Gasteiger partial charge in [-0.25, -0.2) is 4.98 Å². The minimum absolute atomic E-state index is 0.108. The number of hydrogen-bond donors (Lipinski definition) is 1. The van der Waals surface area contributed by atoms with Crippen molar-refractivity contribution in [2.24, 2.45) is 0 Å². The molecular formula is C29H29N3O5S. The van der Waals surface area contributed by atoms with Gasteiger partial charge in [0, 0.05) is 12.6 Å². The molecule has 0 unspecified atom stereocenters. The first-order valence-electron chi connectivity index (χ1n) is 12.6. The standard InChI is InChI=1S/C29H29N3O5S/c1-3-26(27(33)30-21-12-8-9-13-23(21)35-4-2)38-29-31-22-17-25-24(36-18-37-25)16-20(22)28(34)32(29)15-14-19-10-6-5-7-11-19/h5-13,16-17,26H,3-4,14-15,18H2,1-2H3,(H,30,33)/t26-/m1/s1. The number of fused-ring (bicyclic) bond motifs is 2. The molecule has 0 fully saturated rings. The highest BCUT2D eigenvalue weighted by Gasteiger charge is 2.24. The number of rotatable bonds is 10. The Hall–Kier alpha value is -3.98. The second-order valence-electron chi connectivity index (χ2n) is 8.74. The van der Waals surface area contributed by atoms with Gasteiger partial charge in [0.25, 0.3) is 5.56 Å². The molecule has 0 aliphatic carbocycles. The minimum atomic E-state index is -0.481. The molecule has 5 rings (SSSR count). The van der Waals surface area contributed by atoms with E-state index >= 15 is 0 Å². The molecular weight excluding hydrogens is 502 g/mol. The van der Waals surface area contributed by atoms with Gasteiger partial charge >= 0.3 is 0 Å². The van der Waals surface area contributed by atoms with Crippen LogP contribution < -0.4 is 25.1 Å². The van der Waals surface area contributed by atoms with E-state index in [-0.39, 0.29) is 18.3 Å². The number of carbonyl (C=O) groups is 1. The molecule has 9 heteroatoms. The fraction of sp³-hybridized carbons (Fsp3) is 0.276. The van der Waals surface area contributed by atoms with Gasteiger partial charge in [0.05, 0.1) is 28.4 Å². The summed E-state index contributed by atoms with van der Waals surface area (Å²) in [5.41, 5.74) is 2.05. The van der Waals surface area contributed by atoms with E-state index in [1.165, 1.54) is 11.8 Å². The number of ether oxygens (including phenoxy) is 3. The molecule has 1 aliphatic heterocycles. The fourth-order valence-corrected chi connectivity index (χ4v) is 5.32. The summed E-state index contributed by atoms with van der Waals surface area (Å²) in [5.74, 6) is 1.52. The summed E-state index contributed by atoms with van der Waals surface area (Å²) in [6, 6.07) is 20.7. The molecule has 1 amide bonds. The Morgan fingerprint density at radius 2 is 1.82 bits per heavy atom. The Kier molecular flexibility index (Phi) is 7.83. The maximum absolute atomic E-state index is 13.7. The monoisotopic (exact) mass is 531 g/mol. The lowest BCUT2D eigenvalue weighted by molar-refractivity contribution is -0.115. The van der Waals surface area contributed by atoms with E-state index in [1.54, 1.807) is 16.7 Å². The molecule has 1 atom stereocenters. The van der Waals surface area contributed by atoms with Crippen molar-refractivity contribution in [1.82, 2.24) is 9.55 Å². The summed E-state index contributed by atoms with van der Waals surface area (Å²) in [6.45, 7) is 4.86. The number of para-hydroxylation sites is 2. The van der Waals surface area contributed by atoms with Crippen LogP contribution in [0.15, 0.2) is 76.7 Å². The zero-order valence-electron chi connectivity index (χ0n) is 21.3. The third kappa shape index (κ3) is 5.47. The van der Waals surface area contributed by atoms with Crippen LogP contribution >= 0.6 is 11.8 Å². The maximum Gasteiger partial charge on any atom is 0.262 e. The lowest BCUT2D eigenvalue weighted by Crippen LogP contribution is -2.28. The third-order valence-corrected chi connectivity index (χ3v) is 7.59. The molecule has 3 aromatic carbocycles. The van der Waals surface area contributed by atoms with Crippen molar-refractivity contribution in [3.63, 3.8) is 0 Å². The van der Waals surface area contributed by atoms with E-state index in [0.29, 0.717) is 65.0 Å². The number of aromatic nitrogens is 2. The molecule has 1 aliphatic rings. The largest absolute Gasteiger partial charge is 0.492 e. The molecule has 4 aromatic rings. The van der Waals surface area contributed by atoms with Crippen molar-refractivity contribution in [1.29, 1.82) is 0 Å². The number of anilines is 1. The first-order chi connectivity index (χ1) is 18.6. The zero-order valence-corrected chi connectivity index (χ0v) is 22.1. The first kappa shape index (κ1) is 25.7. The normalized spacial score (nSPS) is 12.9. The molecule has 0 saturated heterocycles. The number of nitrogens with one attached hydrogen (secondary N) is 1. The molecule has 2 heterocycles. The molecule has 0 radical (unpaired) electrons. The quantitative estimate of drug-likeness (QED) is 0.220. The molecule has 0 spiro atoms. The van der Waals surface area contributed by atoms with Crippen molar-refractivity contribution < 1.29 is 19.0 Å². The molecule has 1 aromatic heterocycles. The van der Waals surface area contributed by atoms with Gasteiger partial charge in [-0.2, -0.15) is 0 Å². The van der Waals surface area contributed by atoms with Crippen LogP contribution in [0.3, 0.4) is 0 Å². The molecule has 0 saturated carbocycles. The van der Waals surface area contributed by atoms with Crippen LogP contribution in [0.2, 0.25) is 0 Å². The Bertz CT molecular complexity index is 1510. The number of thioether (sulfide) groups is 1. The van der Waals surface area contributed by atoms with Crippen molar-refractivity contribution in [3.8, 4) is 17.2 Å². The summed E-state index contributed by atoms with van der Waals surface area (Å²) in [7, 11) is 0. The second-order valence-corrected chi connectivity index (χ2v) is 9.91. The third-order valence-electron chi connectivity index (χ3n) is 6.24. The van der Waals surface area contributed by atoms with Gasteiger partial charge in [0.2, 0.25) is 12.7 Å². The SMILES string of the molecule is CCOc1ccccc1NC(=O)[C@@H](CC)Sc1nc2cc3c(cc2c(=O)n1CCc1ccccc1)OCO3. The number of carbonyl (C=O) groups excluding carboxylic acids is 1. The maximum atomic E-state index is 13.7. The van der Waals surface area contributed by atoms with E-state index in [4.69, 9.17) is 19.2 Å². The van der Waals surface area contributed by atoms with E-state index in [9.17, 15) is 9.59 Å². The number of aryl methyl sites for hydroxylation is 1. The van der Waals surface area contributed by atoms with Crippen LogP contribution in [0, 0.1) is 0 Å². The van der Waals surface area contributed by atoms with Crippen LogP contribution in [-0.4, -0.2) is 34.1 Å². The molecule has 38 heavy (non-hydrogen) atoms. The molecule has 0 bridgehead atoms. The van der Waals surface area contributed by atoms with Gasteiger partial charge in [-0.3, -0.25) is 14.2 Å². The van der Waals surface area contributed by atoms with Crippen LogP contribution in [0.1, 0.15) is 25.8 Å². The van der Waals surface area contributed by atoms with Crippen LogP contribution in [0.5, 0.6) is 17.2 Å². The Morgan fingerprint density at radius 3 is 2.58 bits per heavy atom. The average molecular weight is 532 g/mol. The Balaban J connectivity index is 1.48. The summed E-state index contributed by atoms with van der Waals surface area (Å²) >= 11 is 1.29. The summed E-state index contributed by atoms with van der Waals surface area (Å²) in [5, 5.41) is 3.45. The topological polar surface area (TPSA) is 91.7 Å². The zero-order chi connectivity index (χ0) is 26.5. The van der Waals surface area contributed by atoms with E-state index < -0.39 is 5.25 Å². The van der Waals surface area contributed by atoms with Gasteiger partial charge in [-0.1, -0.05) is 61.2 Å². The smallest absolute Gasteiger partial charge is 0.262 e. The fourth-order valence-electron chi connectivity index (χ4n) is 4.28. The predicted molar refractivity (Wildman–Crippen MR) is 148 cm³/mol. The van der Waals surface area contributed by atoms with Gasteiger partial charge in [0.1, 0.15) is 5.75 Å². The van der Waals surface area contributed by atoms with Gasteiger partial charge in [-0.15, -0.1) is 0 Å². The Labute approximate surface area is 224 Å².